The molecule has 0 saturated heterocycles. The molecule has 4 N–H and O–H groups in total. The second-order valence-electron chi connectivity index (χ2n) is 10.8. The van der Waals surface area contributed by atoms with E-state index >= 15 is 4.39 Å². The number of ether oxygens (including phenoxy) is 2. The highest BCUT2D eigenvalue weighted by atomic mass is 19.4. The van der Waals surface area contributed by atoms with Crippen LogP contribution in [0, 0.1) is 11.6 Å². The Hall–Kier alpha value is -3.70. The van der Waals surface area contributed by atoms with E-state index < -0.39 is 89.8 Å². The van der Waals surface area contributed by atoms with Gasteiger partial charge in [-0.15, -0.1) is 0 Å². The molecule has 5 nitrogen and oxygen atoms in total. The molecule has 3 rings (SSSR count). The zero-order valence-corrected chi connectivity index (χ0v) is 24.4. The third kappa shape index (κ3) is 8.24. The van der Waals surface area contributed by atoms with Crippen molar-refractivity contribution >= 4 is 0 Å². The molecule has 260 valence electrons. The van der Waals surface area contributed by atoms with Crippen molar-refractivity contribution in [3.63, 3.8) is 0 Å². The minimum atomic E-state index is -6.36. The summed E-state index contributed by atoms with van der Waals surface area (Å²) >= 11 is 0. The summed E-state index contributed by atoms with van der Waals surface area (Å²) in [6.45, 7) is 1.43. The predicted octanol–water partition coefficient (Wildman–Crippen LogP) is 7.25. The van der Waals surface area contributed by atoms with Crippen LogP contribution in [0.1, 0.15) is 30.5 Å². The van der Waals surface area contributed by atoms with Crippen molar-refractivity contribution in [1.29, 1.82) is 0 Å². The van der Waals surface area contributed by atoms with Crippen LogP contribution in [0.25, 0.3) is 0 Å². The zero-order chi connectivity index (χ0) is 35.6. The van der Waals surface area contributed by atoms with Gasteiger partial charge in [-0.1, -0.05) is 36.4 Å². The average molecular weight is 693 g/mol. The molecule has 2 unspecified atom stereocenters. The monoisotopic (exact) mass is 692 g/mol. The molecule has 0 fully saturated rings. The fourth-order valence-electron chi connectivity index (χ4n) is 4.74. The summed E-state index contributed by atoms with van der Waals surface area (Å²) < 4.78 is 175. The molecule has 3 aromatic carbocycles. The maximum Gasteiger partial charge on any atom is 0.461 e. The topological polar surface area (TPSA) is 76.7 Å². The number of rotatable bonds is 13. The Balaban J connectivity index is 2.36. The van der Waals surface area contributed by atoms with E-state index in [4.69, 9.17) is 10.5 Å². The molecule has 0 amide bonds. The van der Waals surface area contributed by atoms with Gasteiger partial charge in [0.25, 0.3) is 5.60 Å². The van der Waals surface area contributed by atoms with Crippen LogP contribution in [-0.2, 0) is 12.0 Å². The van der Waals surface area contributed by atoms with Crippen molar-refractivity contribution < 1.29 is 67.3 Å². The lowest BCUT2D eigenvalue weighted by Crippen LogP contribution is -2.70. The van der Waals surface area contributed by atoms with Crippen LogP contribution in [0.4, 0.5) is 52.7 Å². The molecule has 17 heteroatoms. The van der Waals surface area contributed by atoms with Gasteiger partial charge in [-0.25, -0.2) is 8.78 Å². The van der Waals surface area contributed by atoms with Crippen molar-refractivity contribution in [2.75, 3.05) is 6.54 Å². The Morgan fingerprint density at radius 3 is 1.94 bits per heavy atom. The molecule has 0 aliphatic rings. The highest BCUT2D eigenvalue weighted by Crippen LogP contribution is 2.45. The fourth-order valence-corrected chi connectivity index (χ4v) is 4.74. The molecular weight excluding hydrogens is 664 g/mol. The van der Waals surface area contributed by atoms with Crippen molar-refractivity contribution in [2.45, 2.75) is 68.4 Å². The Morgan fingerprint density at radius 1 is 0.809 bits per heavy atom. The third-order valence-electron chi connectivity index (χ3n) is 7.00. The van der Waals surface area contributed by atoms with Crippen LogP contribution in [0.3, 0.4) is 0 Å². The van der Waals surface area contributed by atoms with Gasteiger partial charge >= 0.3 is 24.9 Å². The number of hydrogen-bond donors (Lipinski definition) is 3. The van der Waals surface area contributed by atoms with Crippen molar-refractivity contribution in [3.8, 4) is 11.5 Å². The summed E-state index contributed by atoms with van der Waals surface area (Å²) in [5.41, 5.74) is -3.02. The molecular formula is C30H28F12N2O3. The molecule has 0 heterocycles. The second-order valence-corrected chi connectivity index (χ2v) is 10.8. The summed E-state index contributed by atoms with van der Waals surface area (Å²) in [6.07, 6.45) is -23.5. The van der Waals surface area contributed by atoms with Crippen LogP contribution in [-0.4, -0.2) is 54.3 Å². The number of halogens is 12. The summed E-state index contributed by atoms with van der Waals surface area (Å²) in [5.74, 6) is -4.08. The van der Waals surface area contributed by atoms with Gasteiger partial charge in [-0.2, -0.15) is 43.9 Å². The lowest BCUT2D eigenvalue weighted by molar-refractivity contribution is -0.373. The molecule has 0 bridgehead atoms. The summed E-state index contributed by atoms with van der Waals surface area (Å²) in [4.78, 5) is 0. The maximum absolute atomic E-state index is 15.0. The number of benzene rings is 3. The van der Waals surface area contributed by atoms with Gasteiger partial charge in [0.05, 0.1) is 17.7 Å². The molecule has 0 aliphatic carbocycles. The number of aliphatic hydroxyl groups is 1. The predicted molar refractivity (Wildman–Crippen MR) is 144 cm³/mol. The van der Waals surface area contributed by atoms with Gasteiger partial charge in [0, 0.05) is 12.6 Å². The highest BCUT2D eigenvalue weighted by molar-refractivity contribution is 5.47. The smallest absolute Gasteiger partial charge is 0.461 e. The van der Waals surface area contributed by atoms with Gasteiger partial charge in [0.1, 0.15) is 11.6 Å². The molecule has 0 aromatic heterocycles. The normalized spacial score (nSPS) is 15.1. The zero-order valence-electron chi connectivity index (χ0n) is 24.4. The third-order valence-corrected chi connectivity index (χ3v) is 7.00. The van der Waals surface area contributed by atoms with Crippen molar-refractivity contribution in [3.05, 3.63) is 95.1 Å². The first-order valence-electron chi connectivity index (χ1n) is 13.6. The van der Waals surface area contributed by atoms with E-state index in [2.05, 4.69) is 10.1 Å². The number of nitrogens with two attached hydrogens (primary N) is 1. The number of alkyl halides is 10. The van der Waals surface area contributed by atoms with E-state index in [1.54, 1.807) is 0 Å². The van der Waals surface area contributed by atoms with Crippen molar-refractivity contribution in [1.82, 2.24) is 5.32 Å². The Bertz CT molecular complexity index is 1490. The first-order valence-corrected chi connectivity index (χ1v) is 13.6. The standard InChI is InChI=1S/C30H28F12N2O3/c1-16(2)46-23-12-18(8-9-22(23)32)26(14-17-6-4-3-5-7-17,44-15-24(43)27(45,29(37,38)39)30(40,41)42)19-10-20(31)13-21(11-19)47-28(35,36)25(33)34/h3-13,16,24-25,44-45H,14-15,43H2,1-2H3. The van der Waals surface area contributed by atoms with Gasteiger partial charge in [0.15, 0.2) is 11.6 Å². The Kier molecular flexibility index (Phi) is 11.1. The molecule has 0 saturated carbocycles. The molecule has 0 aliphatic heterocycles. The first-order chi connectivity index (χ1) is 21.5. The molecule has 0 radical (unpaired) electrons. The summed E-state index contributed by atoms with van der Waals surface area (Å²) in [5, 5.41) is 12.3. The van der Waals surface area contributed by atoms with E-state index in [0.717, 1.165) is 18.2 Å². The number of hydrogen-bond acceptors (Lipinski definition) is 5. The number of nitrogens with one attached hydrogen (secondary N) is 1. The van der Waals surface area contributed by atoms with Crippen LogP contribution < -0.4 is 20.5 Å². The molecule has 3 aromatic rings. The van der Waals surface area contributed by atoms with E-state index in [1.807, 2.05) is 0 Å². The maximum atomic E-state index is 15.0. The minimum absolute atomic E-state index is 0.245. The van der Waals surface area contributed by atoms with Gasteiger partial charge in [-0.05, 0) is 61.2 Å². The summed E-state index contributed by atoms with van der Waals surface area (Å²) in [7, 11) is 0. The highest BCUT2D eigenvalue weighted by Gasteiger charge is 2.73. The second kappa shape index (κ2) is 13.8. The SMILES string of the molecule is CC(C)Oc1cc(C(Cc2ccccc2)(NCC(N)C(O)(C(F)(F)F)C(F)(F)F)c2cc(F)cc(OC(F)(F)C(F)F)c2)ccc1F. The average Bonchev–Trinajstić information content (AvgIpc) is 2.94. The van der Waals surface area contributed by atoms with Crippen LogP contribution in [0.2, 0.25) is 0 Å². The molecule has 47 heavy (non-hydrogen) atoms. The van der Waals surface area contributed by atoms with E-state index in [-0.39, 0.29) is 17.2 Å². The minimum Gasteiger partial charge on any atom is -0.488 e. The molecule has 2 atom stereocenters. The molecule has 0 spiro atoms. The van der Waals surface area contributed by atoms with Crippen LogP contribution in [0.15, 0.2) is 66.7 Å². The lowest BCUT2D eigenvalue weighted by atomic mass is 9.77. The Morgan fingerprint density at radius 2 is 1.40 bits per heavy atom. The quantitative estimate of drug-likeness (QED) is 0.165. The van der Waals surface area contributed by atoms with Gasteiger partial charge < -0.3 is 25.6 Å². The lowest BCUT2D eigenvalue weighted by Gasteiger charge is -2.41. The van der Waals surface area contributed by atoms with Gasteiger partial charge in [-0.3, -0.25) is 0 Å². The van der Waals surface area contributed by atoms with Crippen molar-refractivity contribution in [2.24, 2.45) is 5.73 Å². The first kappa shape index (κ1) is 37.8. The van der Waals surface area contributed by atoms with Gasteiger partial charge in [0.2, 0.25) is 0 Å². The summed E-state index contributed by atoms with van der Waals surface area (Å²) in [6, 6.07) is 8.36. The fraction of sp³-hybridized carbons (Fsp3) is 0.400. The van der Waals surface area contributed by atoms with E-state index in [1.165, 1.54) is 44.2 Å². The van der Waals surface area contributed by atoms with Crippen LogP contribution in [0.5, 0.6) is 11.5 Å². The Labute approximate surface area is 260 Å². The van der Waals surface area contributed by atoms with E-state index in [9.17, 15) is 53.4 Å². The van der Waals surface area contributed by atoms with E-state index in [0.29, 0.717) is 12.1 Å². The largest absolute Gasteiger partial charge is 0.488 e. The van der Waals surface area contributed by atoms with Crippen LogP contribution >= 0.6 is 0 Å².